The molecular formula is C19H20O2. The highest BCUT2D eigenvalue weighted by Gasteiger charge is 2.15. The molecule has 2 nitrogen and oxygen atoms in total. The number of ether oxygens (including phenoxy) is 1. The second kappa shape index (κ2) is 6.68. The van der Waals surface area contributed by atoms with E-state index in [4.69, 9.17) is 4.74 Å². The van der Waals surface area contributed by atoms with Crippen LogP contribution in [0.4, 0.5) is 0 Å². The second-order valence-corrected chi connectivity index (χ2v) is 5.59. The van der Waals surface area contributed by atoms with Crippen molar-refractivity contribution >= 4 is 5.78 Å². The molecule has 0 N–H and O–H groups in total. The molecule has 0 aromatic heterocycles. The van der Waals surface area contributed by atoms with Gasteiger partial charge in [0.25, 0.3) is 0 Å². The maximum Gasteiger partial charge on any atom is 0.193 e. The van der Waals surface area contributed by atoms with Gasteiger partial charge >= 0.3 is 0 Å². The average molecular weight is 280 g/mol. The number of ketones is 1. The summed E-state index contributed by atoms with van der Waals surface area (Å²) in [7, 11) is 0. The summed E-state index contributed by atoms with van der Waals surface area (Å²) >= 11 is 0. The van der Waals surface area contributed by atoms with Gasteiger partial charge < -0.3 is 4.74 Å². The first-order valence-corrected chi connectivity index (χ1v) is 7.63. The molecule has 0 amide bonds. The van der Waals surface area contributed by atoms with E-state index in [9.17, 15) is 4.79 Å². The summed E-state index contributed by atoms with van der Waals surface area (Å²) in [6.07, 6.45) is 4.74. The van der Waals surface area contributed by atoms with Crippen LogP contribution in [0, 0.1) is 0 Å². The number of hydrogen-bond acceptors (Lipinski definition) is 2. The van der Waals surface area contributed by atoms with Gasteiger partial charge in [-0.3, -0.25) is 4.79 Å². The molecule has 1 heterocycles. The molecule has 1 atom stereocenters. The molecule has 2 aromatic rings. The molecule has 1 aliphatic heterocycles. The Bertz CT molecular complexity index is 598. The smallest absolute Gasteiger partial charge is 0.193 e. The van der Waals surface area contributed by atoms with Gasteiger partial charge in [-0.1, -0.05) is 48.5 Å². The van der Waals surface area contributed by atoms with Crippen molar-refractivity contribution < 1.29 is 9.53 Å². The number of rotatable bonds is 4. The van der Waals surface area contributed by atoms with Crippen LogP contribution in [0.1, 0.15) is 40.7 Å². The lowest BCUT2D eigenvalue weighted by atomic mass is 9.97. The van der Waals surface area contributed by atoms with Crippen molar-refractivity contribution in [2.75, 3.05) is 6.61 Å². The van der Waals surface area contributed by atoms with E-state index < -0.39 is 0 Å². The largest absolute Gasteiger partial charge is 0.378 e. The molecule has 0 saturated carbocycles. The zero-order valence-corrected chi connectivity index (χ0v) is 12.1. The van der Waals surface area contributed by atoms with E-state index in [-0.39, 0.29) is 5.78 Å². The van der Waals surface area contributed by atoms with Gasteiger partial charge in [-0.05, 0) is 37.3 Å². The predicted molar refractivity (Wildman–Crippen MR) is 83.6 cm³/mol. The van der Waals surface area contributed by atoms with Gasteiger partial charge in [0.1, 0.15) is 0 Å². The quantitative estimate of drug-likeness (QED) is 0.790. The summed E-state index contributed by atoms with van der Waals surface area (Å²) in [4.78, 5) is 12.5. The molecule has 3 rings (SSSR count). The van der Waals surface area contributed by atoms with Crippen LogP contribution in [-0.2, 0) is 11.2 Å². The molecule has 0 aliphatic carbocycles. The van der Waals surface area contributed by atoms with Crippen LogP contribution in [0.15, 0.2) is 54.6 Å². The molecular weight excluding hydrogens is 260 g/mol. The van der Waals surface area contributed by atoms with Crippen molar-refractivity contribution in [3.8, 4) is 0 Å². The highest BCUT2D eigenvalue weighted by atomic mass is 16.5. The third kappa shape index (κ3) is 3.59. The van der Waals surface area contributed by atoms with Crippen LogP contribution in [-0.4, -0.2) is 18.5 Å². The van der Waals surface area contributed by atoms with Gasteiger partial charge in [0, 0.05) is 17.7 Å². The van der Waals surface area contributed by atoms with Gasteiger partial charge in [0.05, 0.1) is 6.10 Å². The standard InChI is InChI=1S/C19H20O2/c20-19(16-8-2-1-3-9-16)17-10-6-7-15(13-17)14-18-11-4-5-12-21-18/h1-3,6-10,13,18H,4-5,11-12,14H2. The van der Waals surface area contributed by atoms with E-state index in [1.165, 1.54) is 18.4 Å². The van der Waals surface area contributed by atoms with Crippen molar-refractivity contribution in [3.05, 3.63) is 71.3 Å². The van der Waals surface area contributed by atoms with Gasteiger partial charge in [0.15, 0.2) is 5.78 Å². The molecule has 108 valence electrons. The first-order chi connectivity index (χ1) is 10.3. The van der Waals surface area contributed by atoms with Crippen molar-refractivity contribution in [1.82, 2.24) is 0 Å². The molecule has 2 aromatic carbocycles. The van der Waals surface area contributed by atoms with E-state index in [1.54, 1.807) is 0 Å². The number of carbonyl (C=O) groups excluding carboxylic acids is 1. The summed E-state index contributed by atoms with van der Waals surface area (Å²) < 4.78 is 5.78. The topological polar surface area (TPSA) is 26.3 Å². The third-order valence-electron chi connectivity index (χ3n) is 3.96. The Balaban J connectivity index is 1.75. The molecule has 1 unspecified atom stereocenters. The normalized spacial score (nSPS) is 18.4. The van der Waals surface area contributed by atoms with Gasteiger partial charge in [-0.25, -0.2) is 0 Å². The lowest BCUT2D eigenvalue weighted by Crippen LogP contribution is -2.21. The number of hydrogen-bond donors (Lipinski definition) is 0. The second-order valence-electron chi connectivity index (χ2n) is 5.59. The minimum absolute atomic E-state index is 0.0852. The Kier molecular flexibility index (Phi) is 4.46. The molecule has 1 fully saturated rings. The fourth-order valence-corrected chi connectivity index (χ4v) is 2.83. The summed E-state index contributed by atoms with van der Waals surface area (Å²) in [5.41, 5.74) is 2.68. The molecule has 2 heteroatoms. The maximum absolute atomic E-state index is 12.5. The van der Waals surface area contributed by atoms with Crippen LogP contribution in [0.2, 0.25) is 0 Å². The van der Waals surface area contributed by atoms with Gasteiger partial charge in [0.2, 0.25) is 0 Å². The van der Waals surface area contributed by atoms with Crippen LogP contribution in [0.25, 0.3) is 0 Å². The van der Waals surface area contributed by atoms with Gasteiger partial charge in [-0.2, -0.15) is 0 Å². The Morgan fingerprint density at radius 3 is 2.57 bits per heavy atom. The highest BCUT2D eigenvalue weighted by Crippen LogP contribution is 2.19. The summed E-state index contributed by atoms with van der Waals surface area (Å²) in [6.45, 7) is 0.868. The SMILES string of the molecule is O=C(c1ccccc1)c1cccc(CC2CCCCO2)c1. The minimum Gasteiger partial charge on any atom is -0.378 e. The third-order valence-corrected chi connectivity index (χ3v) is 3.96. The summed E-state index contributed by atoms with van der Waals surface area (Å²) in [5, 5.41) is 0. The number of carbonyl (C=O) groups is 1. The van der Waals surface area contributed by atoms with Gasteiger partial charge in [-0.15, -0.1) is 0 Å². The van der Waals surface area contributed by atoms with Crippen molar-refractivity contribution in [1.29, 1.82) is 0 Å². The number of benzene rings is 2. The Morgan fingerprint density at radius 2 is 1.81 bits per heavy atom. The zero-order chi connectivity index (χ0) is 14.5. The first-order valence-electron chi connectivity index (χ1n) is 7.63. The molecule has 0 bridgehead atoms. The van der Waals surface area contributed by atoms with Crippen LogP contribution < -0.4 is 0 Å². The van der Waals surface area contributed by atoms with Crippen molar-refractivity contribution in [2.45, 2.75) is 31.8 Å². The predicted octanol–water partition coefficient (Wildman–Crippen LogP) is 4.03. The van der Waals surface area contributed by atoms with E-state index >= 15 is 0 Å². The molecule has 0 radical (unpaired) electrons. The zero-order valence-electron chi connectivity index (χ0n) is 12.1. The first kappa shape index (κ1) is 14.0. The average Bonchev–Trinajstić information content (AvgIpc) is 2.56. The maximum atomic E-state index is 12.5. The Labute approximate surface area is 125 Å². The lowest BCUT2D eigenvalue weighted by molar-refractivity contribution is 0.0168. The monoisotopic (exact) mass is 280 g/mol. The van der Waals surface area contributed by atoms with Crippen LogP contribution >= 0.6 is 0 Å². The molecule has 1 aliphatic rings. The van der Waals surface area contributed by atoms with Crippen molar-refractivity contribution in [2.24, 2.45) is 0 Å². The van der Waals surface area contributed by atoms with Crippen molar-refractivity contribution in [3.63, 3.8) is 0 Å². The Morgan fingerprint density at radius 1 is 1.00 bits per heavy atom. The van der Waals surface area contributed by atoms with E-state index in [0.29, 0.717) is 6.10 Å². The Hall–Kier alpha value is -1.93. The fraction of sp³-hybridized carbons (Fsp3) is 0.316. The minimum atomic E-state index is 0.0852. The van der Waals surface area contributed by atoms with Crippen LogP contribution in [0.3, 0.4) is 0 Å². The van der Waals surface area contributed by atoms with Crippen LogP contribution in [0.5, 0.6) is 0 Å². The summed E-state index contributed by atoms with van der Waals surface area (Å²) in [5.74, 6) is 0.0852. The lowest BCUT2D eigenvalue weighted by Gasteiger charge is -2.22. The molecule has 21 heavy (non-hydrogen) atoms. The highest BCUT2D eigenvalue weighted by molar-refractivity contribution is 6.09. The molecule has 1 saturated heterocycles. The molecule has 0 spiro atoms. The van der Waals surface area contributed by atoms with E-state index in [0.717, 1.165) is 30.6 Å². The van der Waals surface area contributed by atoms with E-state index in [1.807, 2.05) is 48.5 Å². The summed E-state index contributed by atoms with van der Waals surface area (Å²) in [6, 6.07) is 17.4. The fourth-order valence-electron chi connectivity index (χ4n) is 2.83. The van der Waals surface area contributed by atoms with E-state index in [2.05, 4.69) is 6.07 Å².